The van der Waals surface area contributed by atoms with Gasteiger partial charge in [0, 0.05) is 22.7 Å². The second kappa shape index (κ2) is 6.66. The molecule has 0 radical (unpaired) electrons. The molecule has 0 aliphatic rings. The highest BCUT2D eigenvalue weighted by Crippen LogP contribution is 2.25. The molecule has 2 N–H and O–H groups in total. The minimum absolute atomic E-state index is 0.137. The number of carboxylic acids is 1. The first-order valence-corrected chi connectivity index (χ1v) is 8.44. The Hall–Kier alpha value is -2.71. The lowest BCUT2D eigenvalue weighted by atomic mass is 10.1. The Morgan fingerprint density at radius 1 is 1.36 bits per heavy atom. The number of rotatable bonds is 4. The standard InChI is InChI=1S/C16H12ClN3O4S/c1-8(21)20(13-6-25-7-18-13)5-10-3-11(17)2-9-4-12(16(23)24)15(22)19-14(9)10/h2-4,6-7H,5H2,1H3,(H,19,22)(H,23,24). The predicted octanol–water partition coefficient (Wildman–Crippen LogP) is 2.89. The smallest absolute Gasteiger partial charge is 0.341 e. The Morgan fingerprint density at radius 2 is 2.12 bits per heavy atom. The average Bonchev–Trinajstić information content (AvgIpc) is 3.05. The molecule has 0 atom stereocenters. The van der Waals surface area contributed by atoms with Crippen molar-refractivity contribution in [2.75, 3.05) is 4.90 Å². The summed E-state index contributed by atoms with van der Waals surface area (Å²) in [4.78, 5) is 43.3. The molecule has 0 fully saturated rings. The Morgan fingerprint density at radius 3 is 2.72 bits per heavy atom. The van der Waals surface area contributed by atoms with E-state index in [2.05, 4.69) is 9.97 Å². The molecule has 128 valence electrons. The van der Waals surface area contributed by atoms with E-state index in [1.54, 1.807) is 23.0 Å². The maximum atomic E-state index is 12.0. The van der Waals surface area contributed by atoms with Crippen LogP contribution in [-0.4, -0.2) is 27.0 Å². The number of nitrogens with zero attached hydrogens (tertiary/aromatic N) is 2. The van der Waals surface area contributed by atoms with Crippen molar-refractivity contribution in [2.24, 2.45) is 0 Å². The van der Waals surface area contributed by atoms with E-state index in [1.165, 1.54) is 29.2 Å². The number of pyridine rings is 1. The topological polar surface area (TPSA) is 103 Å². The molecule has 0 spiro atoms. The summed E-state index contributed by atoms with van der Waals surface area (Å²) < 4.78 is 0. The molecule has 2 heterocycles. The molecule has 3 aromatic rings. The lowest BCUT2D eigenvalue weighted by Crippen LogP contribution is -2.28. The average molecular weight is 378 g/mol. The highest BCUT2D eigenvalue weighted by molar-refractivity contribution is 7.07. The van der Waals surface area contributed by atoms with Crippen LogP contribution in [0.2, 0.25) is 5.02 Å². The number of aromatic carboxylic acids is 1. The summed E-state index contributed by atoms with van der Waals surface area (Å²) in [5, 5.41) is 11.7. The van der Waals surface area contributed by atoms with Crippen molar-refractivity contribution < 1.29 is 14.7 Å². The number of nitrogens with one attached hydrogen (secondary N) is 1. The van der Waals surface area contributed by atoms with Crippen molar-refractivity contribution in [2.45, 2.75) is 13.5 Å². The number of amides is 1. The molecule has 0 saturated carbocycles. The van der Waals surface area contributed by atoms with Gasteiger partial charge in [-0.1, -0.05) is 11.6 Å². The number of carboxylic acid groups (broad SMARTS) is 1. The quantitative estimate of drug-likeness (QED) is 0.727. The molecule has 9 heteroatoms. The molecule has 25 heavy (non-hydrogen) atoms. The van der Waals surface area contributed by atoms with E-state index in [9.17, 15) is 14.4 Å². The third kappa shape index (κ3) is 3.40. The summed E-state index contributed by atoms with van der Waals surface area (Å²) in [7, 11) is 0. The monoisotopic (exact) mass is 377 g/mol. The fourth-order valence-electron chi connectivity index (χ4n) is 2.50. The molecular weight excluding hydrogens is 366 g/mol. The Kier molecular flexibility index (Phi) is 4.56. The largest absolute Gasteiger partial charge is 0.477 e. The van der Waals surface area contributed by atoms with E-state index < -0.39 is 11.5 Å². The van der Waals surface area contributed by atoms with Gasteiger partial charge in [0.25, 0.3) is 5.56 Å². The van der Waals surface area contributed by atoms with Crippen LogP contribution < -0.4 is 10.5 Å². The lowest BCUT2D eigenvalue weighted by molar-refractivity contribution is -0.116. The van der Waals surface area contributed by atoms with E-state index >= 15 is 0 Å². The number of fused-ring (bicyclic) bond motifs is 1. The van der Waals surface area contributed by atoms with Gasteiger partial charge in [-0.2, -0.15) is 0 Å². The second-order valence-electron chi connectivity index (χ2n) is 5.30. The maximum absolute atomic E-state index is 12.0. The number of anilines is 1. The van der Waals surface area contributed by atoms with Crippen LogP contribution in [-0.2, 0) is 11.3 Å². The molecule has 3 rings (SSSR count). The summed E-state index contributed by atoms with van der Waals surface area (Å²) >= 11 is 7.48. The zero-order valence-electron chi connectivity index (χ0n) is 12.9. The first-order chi connectivity index (χ1) is 11.9. The lowest BCUT2D eigenvalue weighted by Gasteiger charge is -2.19. The van der Waals surface area contributed by atoms with Gasteiger partial charge < -0.3 is 10.1 Å². The summed E-state index contributed by atoms with van der Waals surface area (Å²) in [6, 6.07) is 4.46. The van der Waals surface area contributed by atoms with E-state index in [0.29, 0.717) is 27.3 Å². The number of hydrogen-bond donors (Lipinski definition) is 2. The third-order valence-corrected chi connectivity index (χ3v) is 4.43. The zero-order chi connectivity index (χ0) is 18.1. The predicted molar refractivity (Wildman–Crippen MR) is 95.5 cm³/mol. The number of halogens is 1. The van der Waals surface area contributed by atoms with Gasteiger partial charge in [0.1, 0.15) is 11.4 Å². The van der Waals surface area contributed by atoms with Crippen LogP contribution >= 0.6 is 22.9 Å². The number of aromatic nitrogens is 2. The van der Waals surface area contributed by atoms with Crippen LogP contribution in [0.25, 0.3) is 10.9 Å². The molecule has 2 aromatic heterocycles. The SMILES string of the molecule is CC(=O)N(Cc1cc(Cl)cc2cc(C(=O)O)c(=O)[nH]c12)c1cscn1. The first kappa shape index (κ1) is 17.1. The van der Waals surface area contributed by atoms with Crippen molar-refractivity contribution in [3.05, 3.63) is 55.6 Å². The normalized spacial score (nSPS) is 10.8. The summed E-state index contributed by atoms with van der Waals surface area (Å²) in [5.74, 6) is -1.05. The van der Waals surface area contributed by atoms with Crippen LogP contribution in [0.15, 0.2) is 33.9 Å². The summed E-state index contributed by atoms with van der Waals surface area (Å²) in [5.41, 5.74) is 1.54. The van der Waals surface area contributed by atoms with E-state index in [4.69, 9.17) is 16.7 Å². The Labute approximate surface area is 150 Å². The van der Waals surface area contributed by atoms with Gasteiger partial charge in [0.05, 0.1) is 17.6 Å². The molecule has 0 unspecified atom stereocenters. The molecule has 1 amide bonds. The van der Waals surface area contributed by atoms with Gasteiger partial charge in [-0.3, -0.25) is 14.5 Å². The maximum Gasteiger partial charge on any atom is 0.341 e. The van der Waals surface area contributed by atoms with Gasteiger partial charge in [0.15, 0.2) is 0 Å². The van der Waals surface area contributed by atoms with Crippen molar-refractivity contribution in [1.82, 2.24) is 9.97 Å². The fraction of sp³-hybridized carbons (Fsp3) is 0.125. The number of carbonyl (C=O) groups excluding carboxylic acids is 1. The molecule has 1 aromatic carbocycles. The second-order valence-corrected chi connectivity index (χ2v) is 6.45. The molecule has 0 bridgehead atoms. The van der Waals surface area contributed by atoms with Crippen molar-refractivity contribution in [1.29, 1.82) is 0 Å². The van der Waals surface area contributed by atoms with Crippen LogP contribution in [0.1, 0.15) is 22.8 Å². The number of carbonyl (C=O) groups is 2. The molecular formula is C16H12ClN3O4S. The van der Waals surface area contributed by atoms with E-state index in [0.717, 1.165) is 0 Å². The summed E-state index contributed by atoms with van der Waals surface area (Å²) in [6.07, 6.45) is 0. The number of H-pyrrole nitrogens is 1. The number of benzene rings is 1. The number of hydrogen-bond acceptors (Lipinski definition) is 5. The summed E-state index contributed by atoms with van der Waals surface area (Å²) in [6.45, 7) is 1.55. The molecule has 0 aliphatic heterocycles. The number of aromatic amines is 1. The van der Waals surface area contributed by atoms with Gasteiger partial charge in [-0.05, 0) is 23.8 Å². The van der Waals surface area contributed by atoms with Gasteiger partial charge in [0.2, 0.25) is 5.91 Å². The van der Waals surface area contributed by atoms with Crippen LogP contribution in [0.3, 0.4) is 0 Å². The van der Waals surface area contributed by atoms with Gasteiger partial charge in [-0.25, -0.2) is 9.78 Å². The van der Waals surface area contributed by atoms with E-state index in [1.807, 2.05) is 0 Å². The molecule has 7 nitrogen and oxygen atoms in total. The highest BCUT2D eigenvalue weighted by atomic mass is 35.5. The Bertz CT molecular complexity index is 1030. The van der Waals surface area contributed by atoms with Crippen LogP contribution in [0, 0.1) is 0 Å². The molecule has 0 aliphatic carbocycles. The minimum Gasteiger partial charge on any atom is -0.477 e. The zero-order valence-corrected chi connectivity index (χ0v) is 14.5. The molecule has 0 saturated heterocycles. The highest BCUT2D eigenvalue weighted by Gasteiger charge is 2.18. The van der Waals surface area contributed by atoms with Crippen molar-refractivity contribution in [3.63, 3.8) is 0 Å². The van der Waals surface area contributed by atoms with Crippen LogP contribution in [0.4, 0.5) is 5.82 Å². The van der Waals surface area contributed by atoms with Crippen molar-refractivity contribution in [3.8, 4) is 0 Å². The Balaban J connectivity index is 2.15. The fourth-order valence-corrected chi connectivity index (χ4v) is 3.29. The van der Waals surface area contributed by atoms with E-state index in [-0.39, 0.29) is 18.0 Å². The van der Waals surface area contributed by atoms with Gasteiger partial charge in [-0.15, -0.1) is 11.3 Å². The first-order valence-electron chi connectivity index (χ1n) is 7.12. The van der Waals surface area contributed by atoms with Crippen LogP contribution in [0.5, 0.6) is 0 Å². The minimum atomic E-state index is -1.32. The third-order valence-electron chi connectivity index (χ3n) is 3.63. The number of thiazole rings is 1. The van der Waals surface area contributed by atoms with Gasteiger partial charge >= 0.3 is 5.97 Å². The van der Waals surface area contributed by atoms with Crippen molar-refractivity contribution >= 4 is 51.5 Å².